The number of aromatic nitrogens is 2. The average molecular weight is 278 g/mol. The molecule has 0 aliphatic carbocycles. The highest BCUT2D eigenvalue weighted by Gasteiger charge is 2.20. The number of likely N-dealkylation sites (N-methyl/N-ethyl adjacent to an activating group) is 2. The molecule has 1 aliphatic heterocycles. The molecule has 2 rings (SSSR count). The van der Waals surface area contributed by atoms with Gasteiger partial charge < -0.3 is 9.80 Å². The first-order chi connectivity index (χ1) is 9.60. The second kappa shape index (κ2) is 7.23. The van der Waals surface area contributed by atoms with Crippen LogP contribution in [0.25, 0.3) is 0 Å². The minimum absolute atomic E-state index is 0.722. The summed E-state index contributed by atoms with van der Waals surface area (Å²) in [5, 5.41) is 4.59. The summed E-state index contributed by atoms with van der Waals surface area (Å²) in [5.41, 5.74) is 2.56. The Kier molecular flexibility index (Phi) is 5.61. The molecule has 4 nitrogen and oxygen atoms in total. The van der Waals surface area contributed by atoms with Crippen LogP contribution in [0.15, 0.2) is 6.20 Å². The summed E-state index contributed by atoms with van der Waals surface area (Å²) in [7, 11) is 4.50. The molecular formula is C16H30N4. The fourth-order valence-electron chi connectivity index (χ4n) is 3.15. The molecular weight excluding hydrogens is 248 g/mol. The Labute approximate surface area is 123 Å². The van der Waals surface area contributed by atoms with Crippen LogP contribution in [-0.4, -0.2) is 52.8 Å². The van der Waals surface area contributed by atoms with Gasteiger partial charge in [-0.25, -0.2) is 0 Å². The van der Waals surface area contributed by atoms with E-state index in [1.807, 2.05) is 0 Å². The molecule has 0 bridgehead atoms. The standard InChI is InChI=1S/C16H30N4/c1-5-9-20-12-15(14(2)17-20)11-18(3)13-16-8-6-7-10-19(16)4/h12,16H,5-11,13H2,1-4H3/t16-/m1/s1. The van der Waals surface area contributed by atoms with Gasteiger partial charge in [0.25, 0.3) is 0 Å². The van der Waals surface area contributed by atoms with Crippen LogP contribution < -0.4 is 0 Å². The summed E-state index contributed by atoms with van der Waals surface area (Å²) in [6.07, 6.45) is 7.45. The van der Waals surface area contributed by atoms with Crippen molar-refractivity contribution in [3.63, 3.8) is 0 Å². The van der Waals surface area contributed by atoms with Gasteiger partial charge in [-0.15, -0.1) is 0 Å². The van der Waals surface area contributed by atoms with Crippen molar-refractivity contribution >= 4 is 0 Å². The van der Waals surface area contributed by atoms with Gasteiger partial charge in [-0.3, -0.25) is 4.68 Å². The van der Waals surface area contributed by atoms with E-state index in [4.69, 9.17) is 0 Å². The third kappa shape index (κ3) is 4.06. The zero-order valence-corrected chi connectivity index (χ0v) is 13.6. The molecule has 20 heavy (non-hydrogen) atoms. The largest absolute Gasteiger partial charge is 0.302 e. The van der Waals surface area contributed by atoms with E-state index in [1.165, 1.54) is 37.1 Å². The van der Waals surface area contributed by atoms with Crippen LogP contribution >= 0.6 is 0 Å². The summed E-state index contributed by atoms with van der Waals surface area (Å²) < 4.78 is 2.09. The van der Waals surface area contributed by atoms with Crippen molar-refractivity contribution in [2.75, 3.05) is 27.2 Å². The van der Waals surface area contributed by atoms with E-state index in [-0.39, 0.29) is 0 Å². The van der Waals surface area contributed by atoms with Gasteiger partial charge in [-0.05, 0) is 46.8 Å². The molecule has 0 radical (unpaired) electrons. The smallest absolute Gasteiger partial charge is 0.0638 e. The highest BCUT2D eigenvalue weighted by molar-refractivity contribution is 5.15. The number of piperidine rings is 1. The van der Waals surface area contributed by atoms with E-state index in [0.717, 1.165) is 32.1 Å². The molecule has 0 N–H and O–H groups in total. The van der Waals surface area contributed by atoms with Gasteiger partial charge in [0, 0.05) is 37.4 Å². The molecule has 1 saturated heterocycles. The quantitative estimate of drug-likeness (QED) is 0.799. The van der Waals surface area contributed by atoms with E-state index in [0.29, 0.717) is 0 Å². The Balaban J connectivity index is 1.88. The first-order valence-corrected chi connectivity index (χ1v) is 8.02. The first-order valence-electron chi connectivity index (χ1n) is 8.02. The topological polar surface area (TPSA) is 24.3 Å². The van der Waals surface area contributed by atoms with Gasteiger partial charge in [0.15, 0.2) is 0 Å². The normalized spacial score (nSPS) is 20.8. The predicted octanol–water partition coefficient (Wildman–Crippen LogP) is 2.52. The maximum Gasteiger partial charge on any atom is 0.0638 e. The lowest BCUT2D eigenvalue weighted by Gasteiger charge is -2.35. The molecule has 1 aliphatic rings. The van der Waals surface area contributed by atoms with Crippen LogP contribution in [0.4, 0.5) is 0 Å². The molecule has 1 aromatic heterocycles. The first kappa shape index (κ1) is 15.5. The number of hydrogen-bond acceptors (Lipinski definition) is 3. The van der Waals surface area contributed by atoms with E-state index < -0.39 is 0 Å². The molecule has 0 unspecified atom stereocenters. The third-order valence-electron chi connectivity index (χ3n) is 4.38. The van der Waals surface area contributed by atoms with E-state index in [9.17, 15) is 0 Å². The number of nitrogens with zero attached hydrogens (tertiary/aromatic N) is 4. The summed E-state index contributed by atoms with van der Waals surface area (Å²) in [4.78, 5) is 4.97. The van der Waals surface area contributed by atoms with Crippen molar-refractivity contribution in [3.05, 3.63) is 17.5 Å². The van der Waals surface area contributed by atoms with Crippen molar-refractivity contribution in [2.24, 2.45) is 0 Å². The second-order valence-corrected chi connectivity index (χ2v) is 6.33. The number of rotatable bonds is 6. The molecule has 2 heterocycles. The van der Waals surface area contributed by atoms with Crippen molar-refractivity contribution in [1.29, 1.82) is 0 Å². The number of aryl methyl sites for hydroxylation is 2. The average Bonchev–Trinajstić information content (AvgIpc) is 2.73. The van der Waals surface area contributed by atoms with Crippen LogP contribution in [0.5, 0.6) is 0 Å². The third-order valence-corrected chi connectivity index (χ3v) is 4.38. The van der Waals surface area contributed by atoms with Crippen molar-refractivity contribution in [3.8, 4) is 0 Å². The van der Waals surface area contributed by atoms with Crippen molar-refractivity contribution in [1.82, 2.24) is 19.6 Å². The van der Waals surface area contributed by atoms with Crippen LogP contribution in [0, 0.1) is 6.92 Å². The zero-order valence-electron chi connectivity index (χ0n) is 13.6. The summed E-state index contributed by atoms with van der Waals surface area (Å²) in [5.74, 6) is 0. The van der Waals surface area contributed by atoms with Gasteiger partial charge >= 0.3 is 0 Å². The Morgan fingerprint density at radius 1 is 1.40 bits per heavy atom. The Hall–Kier alpha value is -0.870. The molecule has 0 aromatic carbocycles. The Bertz CT molecular complexity index is 413. The lowest BCUT2D eigenvalue weighted by atomic mass is 10.0. The van der Waals surface area contributed by atoms with Crippen LogP contribution in [-0.2, 0) is 13.1 Å². The minimum Gasteiger partial charge on any atom is -0.302 e. The van der Waals surface area contributed by atoms with Gasteiger partial charge in [-0.1, -0.05) is 13.3 Å². The summed E-state index contributed by atoms with van der Waals surface area (Å²) >= 11 is 0. The highest BCUT2D eigenvalue weighted by atomic mass is 15.3. The van der Waals surface area contributed by atoms with Crippen LogP contribution in [0.1, 0.15) is 43.9 Å². The minimum atomic E-state index is 0.722. The second-order valence-electron chi connectivity index (χ2n) is 6.33. The molecule has 1 atom stereocenters. The SMILES string of the molecule is CCCn1cc(CN(C)C[C@H]2CCCCN2C)c(C)n1. The van der Waals surface area contributed by atoms with E-state index in [2.05, 4.69) is 53.7 Å². The zero-order chi connectivity index (χ0) is 14.5. The van der Waals surface area contributed by atoms with Gasteiger partial charge in [0.1, 0.15) is 0 Å². The van der Waals surface area contributed by atoms with E-state index in [1.54, 1.807) is 0 Å². The van der Waals surface area contributed by atoms with Gasteiger partial charge in [0.2, 0.25) is 0 Å². The van der Waals surface area contributed by atoms with Gasteiger partial charge in [-0.2, -0.15) is 5.10 Å². The molecule has 4 heteroatoms. The Morgan fingerprint density at radius 3 is 2.90 bits per heavy atom. The predicted molar refractivity (Wildman–Crippen MR) is 83.9 cm³/mol. The van der Waals surface area contributed by atoms with Crippen molar-refractivity contribution < 1.29 is 0 Å². The highest BCUT2D eigenvalue weighted by Crippen LogP contribution is 2.17. The lowest BCUT2D eigenvalue weighted by Crippen LogP contribution is -2.43. The maximum absolute atomic E-state index is 4.59. The molecule has 1 fully saturated rings. The van der Waals surface area contributed by atoms with Crippen LogP contribution in [0.2, 0.25) is 0 Å². The Morgan fingerprint density at radius 2 is 2.20 bits per heavy atom. The molecule has 0 spiro atoms. The van der Waals surface area contributed by atoms with E-state index >= 15 is 0 Å². The summed E-state index contributed by atoms with van der Waals surface area (Å²) in [6, 6.07) is 0.722. The molecule has 0 amide bonds. The lowest BCUT2D eigenvalue weighted by molar-refractivity contribution is 0.138. The fraction of sp³-hybridized carbons (Fsp3) is 0.812. The molecule has 114 valence electrons. The monoisotopic (exact) mass is 278 g/mol. The maximum atomic E-state index is 4.59. The van der Waals surface area contributed by atoms with Gasteiger partial charge in [0.05, 0.1) is 5.69 Å². The fourth-order valence-corrected chi connectivity index (χ4v) is 3.15. The number of likely N-dealkylation sites (tertiary alicyclic amines) is 1. The molecule has 0 saturated carbocycles. The van der Waals surface area contributed by atoms with Crippen molar-refractivity contribution in [2.45, 2.75) is 58.7 Å². The number of hydrogen-bond donors (Lipinski definition) is 0. The van der Waals surface area contributed by atoms with Crippen LogP contribution in [0.3, 0.4) is 0 Å². The molecule has 1 aromatic rings. The summed E-state index contributed by atoms with van der Waals surface area (Å²) in [6.45, 7) is 8.78.